The maximum absolute atomic E-state index is 12.2. The smallest absolute Gasteiger partial charge is 0.266 e. The van der Waals surface area contributed by atoms with E-state index in [1.807, 2.05) is 30.3 Å². The number of hydrogen-bond acceptors (Lipinski definition) is 5. The lowest BCUT2D eigenvalue weighted by atomic mass is 10.1. The van der Waals surface area contributed by atoms with E-state index >= 15 is 0 Å². The molecule has 6 nitrogen and oxygen atoms in total. The van der Waals surface area contributed by atoms with Crippen molar-refractivity contribution in [3.8, 4) is 11.8 Å². The van der Waals surface area contributed by atoms with Crippen molar-refractivity contribution in [1.82, 2.24) is 10.2 Å². The van der Waals surface area contributed by atoms with Gasteiger partial charge >= 0.3 is 0 Å². The number of morpholine rings is 1. The number of ether oxygens (including phenoxy) is 2. The predicted octanol–water partition coefficient (Wildman–Crippen LogP) is 1.09. The summed E-state index contributed by atoms with van der Waals surface area (Å²) < 4.78 is 10.5. The average molecular weight is 315 g/mol. The number of amides is 1. The van der Waals surface area contributed by atoms with Gasteiger partial charge in [0.1, 0.15) is 17.4 Å². The molecule has 0 saturated carbocycles. The fourth-order valence-corrected chi connectivity index (χ4v) is 2.37. The lowest BCUT2D eigenvalue weighted by Gasteiger charge is -2.26. The van der Waals surface area contributed by atoms with Crippen LogP contribution in [0.1, 0.15) is 5.56 Å². The van der Waals surface area contributed by atoms with Crippen LogP contribution in [-0.2, 0) is 16.0 Å². The molecule has 6 heteroatoms. The normalized spacial score (nSPS) is 15.0. The van der Waals surface area contributed by atoms with Gasteiger partial charge in [-0.15, -0.1) is 0 Å². The van der Waals surface area contributed by atoms with Crippen LogP contribution in [0.15, 0.2) is 36.0 Å². The monoisotopic (exact) mass is 315 g/mol. The Morgan fingerprint density at radius 1 is 1.43 bits per heavy atom. The van der Waals surface area contributed by atoms with Gasteiger partial charge in [-0.2, -0.15) is 5.26 Å². The molecule has 1 aromatic rings. The van der Waals surface area contributed by atoms with E-state index in [9.17, 15) is 4.79 Å². The maximum atomic E-state index is 12.2. The van der Waals surface area contributed by atoms with E-state index in [4.69, 9.17) is 14.7 Å². The number of methoxy groups -OCH3 is 1. The molecule has 1 aromatic carbocycles. The van der Waals surface area contributed by atoms with E-state index in [0.29, 0.717) is 32.8 Å². The van der Waals surface area contributed by atoms with Gasteiger partial charge in [0.25, 0.3) is 5.91 Å². The molecule has 0 radical (unpaired) electrons. The minimum absolute atomic E-state index is 0.118. The van der Waals surface area contributed by atoms with Crippen molar-refractivity contribution in [2.75, 3.05) is 40.0 Å². The number of benzene rings is 1. The Kier molecular flexibility index (Phi) is 6.45. The quantitative estimate of drug-likeness (QED) is 0.483. The molecule has 1 amide bonds. The Bertz CT molecular complexity index is 601. The molecule has 0 bridgehead atoms. The third-order valence-electron chi connectivity index (χ3n) is 3.63. The molecule has 0 atom stereocenters. The van der Waals surface area contributed by atoms with Crippen LogP contribution < -0.4 is 10.1 Å². The molecule has 0 spiro atoms. The zero-order valence-electron chi connectivity index (χ0n) is 13.2. The second-order valence-electron chi connectivity index (χ2n) is 5.09. The van der Waals surface area contributed by atoms with Crippen LogP contribution in [0.5, 0.6) is 5.75 Å². The summed E-state index contributed by atoms with van der Waals surface area (Å²) in [5, 5.41) is 12.2. The molecule has 1 N–H and O–H groups in total. The van der Waals surface area contributed by atoms with E-state index in [2.05, 4.69) is 5.32 Å². The van der Waals surface area contributed by atoms with Gasteiger partial charge < -0.3 is 19.7 Å². The Balaban J connectivity index is 1.87. The first kappa shape index (κ1) is 16.8. The van der Waals surface area contributed by atoms with E-state index in [1.54, 1.807) is 12.0 Å². The van der Waals surface area contributed by atoms with Crippen molar-refractivity contribution in [2.45, 2.75) is 6.42 Å². The van der Waals surface area contributed by atoms with Crippen molar-refractivity contribution in [3.63, 3.8) is 0 Å². The number of para-hydroxylation sites is 1. The number of hydrogen-bond donors (Lipinski definition) is 1. The number of carbonyl (C=O) groups excluding carboxylic acids is 1. The summed E-state index contributed by atoms with van der Waals surface area (Å²) in [7, 11) is 1.64. The summed E-state index contributed by atoms with van der Waals surface area (Å²) in [6.07, 6.45) is 2.23. The average Bonchev–Trinajstić information content (AvgIpc) is 2.62. The van der Waals surface area contributed by atoms with E-state index in [0.717, 1.165) is 17.7 Å². The molecule has 0 aromatic heterocycles. The first-order valence-corrected chi connectivity index (χ1v) is 7.59. The minimum atomic E-state index is -0.249. The zero-order chi connectivity index (χ0) is 16.5. The maximum Gasteiger partial charge on any atom is 0.266 e. The molecule has 122 valence electrons. The fourth-order valence-electron chi connectivity index (χ4n) is 2.37. The molecule has 23 heavy (non-hydrogen) atoms. The van der Waals surface area contributed by atoms with E-state index in [1.165, 1.54) is 6.20 Å². The van der Waals surface area contributed by atoms with Crippen molar-refractivity contribution < 1.29 is 14.3 Å². The first-order chi connectivity index (χ1) is 11.3. The van der Waals surface area contributed by atoms with Crippen LogP contribution in [0.2, 0.25) is 0 Å². The fraction of sp³-hybridized carbons (Fsp3) is 0.412. The number of rotatable bonds is 6. The van der Waals surface area contributed by atoms with Crippen molar-refractivity contribution in [1.29, 1.82) is 5.26 Å². The summed E-state index contributed by atoms with van der Waals surface area (Å²) >= 11 is 0. The molecule has 1 heterocycles. The second kappa shape index (κ2) is 8.81. The van der Waals surface area contributed by atoms with Crippen molar-refractivity contribution in [3.05, 3.63) is 41.6 Å². The topological polar surface area (TPSA) is 74.6 Å². The van der Waals surface area contributed by atoms with Gasteiger partial charge in [0.15, 0.2) is 0 Å². The summed E-state index contributed by atoms with van der Waals surface area (Å²) in [6.45, 7) is 2.71. The van der Waals surface area contributed by atoms with E-state index in [-0.39, 0.29) is 11.5 Å². The molecule has 1 saturated heterocycles. The SMILES string of the molecule is COc1ccccc1CCN/C=C(/C#N)C(=O)N1CCOCC1. The second-order valence-corrected chi connectivity index (χ2v) is 5.09. The Morgan fingerprint density at radius 2 is 2.17 bits per heavy atom. The van der Waals surface area contributed by atoms with Gasteiger partial charge in [-0.3, -0.25) is 4.79 Å². The van der Waals surface area contributed by atoms with Crippen molar-refractivity contribution >= 4 is 5.91 Å². The molecule has 0 unspecified atom stereocenters. The molecule has 1 aliphatic rings. The molecule has 1 fully saturated rings. The first-order valence-electron chi connectivity index (χ1n) is 7.59. The molecule has 2 rings (SSSR count). The molecule has 1 aliphatic heterocycles. The third kappa shape index (κ3) is 4.73. The highest BCUT2D eigenvalue weighted by atomic mass is 16.5. The summed E-state index contributed by atoms with van der Waals surface area (Å²) in [6, 6.07) is 9.74. The Morgan fingerprint density at radius 3 is 2.87 bits per heavy atom. The van der Waals surface area contributed by atoms with Crippen molar-refractivity contribution in [2.24, 2.45) is 0 Å². The highest BCUT2D eigenvalue weighted by Gasteiger charge is 2.20. The summed E-state index contributed by atoms with van der Waals surface area (Å²) in [5.41, 5.74) is 1.20. The van der Waals surface area contributed by atoms with Gasteiger partial charge in [-0.05, 0) is 18.1 Å². The predicted molar refractivity (Wildman–Crippen MR) is 85.8 cm³/mol. The molecular formula is C17H21N3O3. The number of nitriles is 1. The lowest BCUT2D eigenvalue weighted by Crippen LogP contribution is -2.41. The summed E-state index contributed by atoms with van der Waals surface area (Å²) in [4.78, 5) is 13.9. The Hall–Kier alpha value is -2.52. The van der Waals surface area contributed by atoms with Crippen LogP contribution in [0.25, 0.3) is 0 Å². The van der Waals surface area contributed by atoms with Crippen LogP contribution in [0.3, 0.4) is 0 Å². The highest BCUT2D eigenvalue weighted by Crippen LogP contribution is 2.17. The van der Waals surface area contributed by atoms with Crippen LogP contribution in [0, 0.1) is 11.3 Å². The standard InChI is InChI=1S/C17H21N3O3/c1-22-16-5-3-2-4-14(16)6-7-19-13-15(12-18)17(21)20-8-10-23-11-9-20/h2-5,13,19H,6-11H2,1H3/b15-13-. The van der Waals surface area contributed by atoms with Gasteiger partial charge in [0.2, 0.25) is 0 Å². The number of nitrogens with one attached hydrogen (secondary N) is 1. The van der Waals surface area contributed by atoms with Gasteiger partial charge in [0.05, 0.1) is 20.3 Å². The third-order valence-corrected chi connectivity index (χ3v) is 3.63. The molecule has 0 aliphatic carbocycles. The number of carbonyl (C=O) groups is 1. The number of nitrogens with zero attached hydrogens (tertiary/aromatic N) is 2. The Labute approximate surface area is 136 Å². The summed E-state index contributed by atoms with van der Waals surface area (Å²) in [5.74, 6) is 0.587. The minimum Gasteiger partial charge on any atom is -0.496 e. The van der Waals surface area contributed by atoms with Crippen LogP contribution in [-0.4, -0.2) is 50.8 Å². The lowest BCUT2D eigenvalue weighted by molar-refractivity contribution is -0.130. The van der Waals surface area contributed by atoms with E-state index < -0.39 is 0 Å². The van der Waals surface area contributed by atoms with Crippen LogP contribution in [0.4, 0.5) is 0 Å². The zero-order valence-corrected chi connectivity index (χ0v) is 13.2. The van der Waals surface area contributed by atoms with Crippen LogP contribution >= 0.6 is 0 Å². The molecular weight excluding hydrogens is 294 g/mol. The van der Waals surface area contributed by atoms with Gasteiger partial charge in [-0.1, -0.05) is 18.2 Å². The highest BCUT2D eigenvalue weighted by molar-refractivity contribution is 5.97. The van der Waals surface area contributed by atoms with Gasteiger partial charge in [0, 0.05) is 25.8 Å². The van der Waals surface area contributed by atoms with Gasteiger partial charge in [-0.25, -0.2) is 0 Å². The largest absolute Gasteiger partial charge is 0.496 e.